The Hall–Kier alpha value is -2.83. The number of fused-ring (bicyclic) bond motifs is 1. The van der Waals surface area contributed by atoms with Crippen molar-refractivity contribution >= 4 is 22.5 Å². The van der Waals surface area contributed by atoms with Crippen molar-refractivity contribution in [1.82, 2.24) is 9.88 Å². The van der Waals surface area contributed by atoms with Crippen LogP contribution in [0.4, 0.5) is 5.69 Å². The number of hydrogen-bond donors (Lipinski definition) is 2. The Morgan fingerprint density at radius 3 is 2.89 bits per heavy atom. The van der Waals surface area contributed by atoms with Gasteiger partial charge in [0, 0.05) is 48.5 Å². The van der Waals surface area contributed by atoms with Crippen LogP contribution in [-0.4, -0.2) is 55.2 Å². The zero-order chi connectivity index (χ0) is 19.2. The van der Waals surface area contributed by atoms with E-state index >= 15 is 0 Å². The Balaban J connectivity index is 1.30. The smallest absolute Gasteiger partial charge is 0.228 e. The van der Waals surface area contributed by atoms with E-state index in [1.165, 1.54) is 0 Å². The molecular formula is C22H25N3O3. The molecule has 1 saturated heterocycles. The van der Waals surface area contributed by atoms with Crippen LogP contribution in [0.15, 0.2) is 54.7 Å². The minimum absolute atomic E-state index is 0.0461. The molecule has 3 aromatic rings. The van der Waals surface area contributed by atoms with Gasteiger partial charge in [0.25, 0.3) is 0 Å². The molecule has 1 aliphatic rings. The second kappa shape index (κ2) is 8.91. The summed E-state index contributed by atoms with van der Waals surface area (Å²) in [6, 6.07) is 15.5. The van der Waals surface area contributed by atoms with Crippen molar-refractivity contribution in [3.05, 3.63) is 60.3 Å². The number of morpholine rings is 1. The van der Waals surface area contributed by atoms with Gasteiger partial charge in [-0.15, -0.1) is 0 Å². The van der Waals surface area contributed by atoms with E-state index in [9.17, 15) is 4.79 Å². The summed E-state index contributed by atoms with van der Waals surface area (Å²) < 4.78 is 11.2. The first-order valence-electron chi connectivity index (χ1n) is 9.66. The standard InChI is InChI=1S/C22H25N3O3/c26-22(14-17-16-23-21-7-2-1-6-20(17)21)24-18-4-3-5-19(15-18)28-13-10-25-8-11-27-12-9-25/h1-7,15-16,23H,8-14H2,(H,24,26). The second-order valence-corrected chi connectivity index (χ2v) is 6.91. The zero-order valence-corrected chi connectivity index (χ0v) is 15.8. The molecule has 0 unspecified atom stereocenters. The van der Waals surface area contributed by atoms with E-state index in [4.69, 9.17) is 9.47 Å². The summed E-state index contributed by atoms with van der Waals surface area (Å²) in [5.41, 5.74) is 2.78. The van der Waals surface area contributed by atoms with Crippen LogP contribution in [0.5, 0.6) is 5.75 Å². The van der Waals surface area contributed by atoms with E-state index in [0.29, 0.717) is 13.0 Å². The van der Waals surface area contributed by atoms with Crippen molar-refractivity contribution in [3.8, 4) is 5.75 Å². The number of nitrogens with zero attached hydrogens (tertiary/aromatic N) is 1. The Labute approximate surface area is 164 Å². The minimum atomic E-state index is -0.0461. The lowest BCUT2D eigenvalue weighted by atomic mass is 10.1. The van der Waals surface area contributed by atoms with E-state index < -0.39 is 0 Å². The van der Waals surface area contributed by atoms with Gasteiger partial charge in [0.05, 0.1) is 19.6 Å². The molecule has 1 fully saturated rings. The quantitative estimate of drug-likeness (QED) is 0.662. The highest BCUT2D eigenvalue weighted by atomic mass is 16.5. The number of rotatable bonds is 7. The molecular weight excluding hydrogens is 354 g/mol. The maximum Gasteiger partial charge on any atom is 0.228 e. The normalized spacial score (nSPS) is 14.9. The number of ether oxygens (including phenoxy) is 2. The van der Waals surface area contributed by atoms with Gasteiger partial charge in [0.15, 0.2) is 0 Å². The number of nitrogens with one attached hydrogen (secondary N) is 2. The molecule has 0 aliphatic carbocycles. The lowest BCUT2D eigenvalue weighted by Crippen LogP contribution is -2.38. The minimum Gasteiger partial charge on any atom is -0.492 e. The Bertz CT molecular complexity index is 931. The average molecular weight is 379 g/mol. The number of H-pyrrole nitrogens is 1. The molecule has 0 saturated carbocycles. The highest BCUT2D eigenvalue weighted by Gasteiger charge is 2.11. The molecule has 1 aromatic heterocycles. The summed E-state index contributed by atoms with van der Waals surface area (Å²) in [4.78, 5) is 18.0. The van der Waals surface area contributed by atoms with E-state index in [1.54, 1.807) is 0 Å². The maximum absolute atomic E-state index is 12.5. The number of aromatic amines is 1. The van der Waals surface area contributed by atoms with Crippen LogP contribution >= 0.6 is 0 Å². The lowest BCUT2D eigenvalue weighted by molar-refractivity contribution is -0.115. The molecule has 6 nitrogen and oxygen atoms in total. The predicted octanol–water partition coefficient (Wildman–Crippen LogP) is 3.06. The van der Waals surface area contributed by atoms with E-state index in [-0.39, 0.29) is 5.91 Å². The molecule has 4 rings (SSSR count). The predicted molar refractivity (Wildman–Crippen MR) is 110 cm³/mol. The van der Waals surface area contributed by atoms with Gasteiger partial charge in [-0.25, -0.2) is 0 Å². The molecule has 2 aromatic carbocycles. The van der Waals surface area contributed by atoms with Crippen LogP contribution in [0.3, 0.4) is 0 Å². The topological polar surface area (TPSA) is 66.6 Å². The Morgan fingerprint density at radius 2 is 2.00 bits per heavy atom. The van der Waals surface area contributed by atoms with Crippen LogP contribution in [-0.2, 0) is 16.0 Å². The lowest BCUT2D eigenvalue weighted by Gasteiger charge is -2.26. The molecule has 6 heteroatoms. The monoisotopic (exact) mass is 379 g/mol. The first kappa shape index (κ1) is 18.5. The van der Waals surface area contributed by atoms with Gasteiger partial charge >= 0.3 is 0 Å². The van der Waals surface area contributed by atoms with Gasteiger partial charge in [-0.05, 0) is 23.8 Å². The van der Waals surface area contributed by atoms with Crippen molar-refractivity contribution in [2.75, 3.05) is 44.8 Å². The number of aromatic nitrogens is 1. The molecule has 1 aliphatic heterocycles. The third-order valence-electron chi connectivity index (χ3n) is 4.92. The molecule has 2 heterocycles. The van der Waals surface area contributed by atoms with Gasteiger partial charge in [-0.1, -0.05) is 24.3 Å². The summed E-state index contributed by atoms with van der Waals surface area (Å²) >= 11 is 0. The fraction of sp³-hybridized carbons (Fsp3) is 0.318. The summed E-state index contributed by atoms with van der Waals surface area (Å²) in [5.74, 6) is 0.716. The van der Waals surface area contributed by atoms with Crippen molar-refractivity contribution in [2.24, 2.45) is 0 Å². The summed E-state index contributed by atoms with van der Waals surface area (Å²) in [7, 11) is 0. The van der Waals surface area contributed by atoms with Crippen LogP contribution in [0.25, 0.3) is 10.9 Å². The van der Waals surface area contributed by atoms with Gasteiger partial charge in [-0.3, -0.25) is 9.69 Å². The number of para-hydroxylation sites is 1. The van der Waals surface area contributed by atoms with E-state index in [0.717, 1.165) is 60.8 Å². The van der Waals surface area contributed by atoms with Crippen molar-refractivity contribution in [2.45, 2.75) is 6.42 Å². The highest BCUT2D eigenvalue weighted by Crippen LogP contribution is 2.20. The molecule has 2 N–H and O–H groups in total. The number of carbonyl (C=O) groups excluding carboxylic acids is 1. The van der Waals surface area contributed by atoms with E-state index in [2.05, 4.69) is 15.2 Å². The fourth-order valence-corrected chi connectivity index (χ4v) is 3.44. The van der Waals surface area contributed by atoms with Crippen LogP contribution in [0.2, 0.25) is 0 Å². The third kappa shape index (κ3) is 4.71. The first-order chi connectivity index (χ1) is 13.8. The number of amides is 1. The number of benzene rings is 2. The Morgan fingerprint density at radius 1 is 1.14 bits per heavy atom. The fourth-order valence-electron chi connectivity index (χ4n) is 3.44. The maximum atomic E-state index is 12.5. The summed E-state index contributed by atoms with van der Waals surface area (Å²) in [5, 5.41) is 4.05. The highest BCUT2D eigenvalue weighted by molar-refractivity contribution is 5.95. The first-order valence-corrected chi connectivity index (χ1v) is 9.66. The SMILES string of the molecule is O=C(Cc1c[nH]c2ccccc12)Nc1cccc(OCCN2CCOCC2)c1. The molecule has 28 heavy (non-hydrogen) atoms. The largest absolute Gasteiger partial charge is 0.492 e. The molecule has 0 spiro atoms. The van der Waals surface area contributed by atoms with Gasteiger partial charge < -0.3 is 19.8 Å². The van der Waals surface area contributed by atoms with Crippen LogP contribution in [0, 0.1) is 0 Å². The van der Waals surface area contributed by atoms with E-state index in [1.807, 2.05) is 54.7 Å². The Kier molecular flexibility index (Phi) is 5.89. The molecule has 0 radical (unpaired) electrons. The molecule has 146 valence electrons. The molecule has 0 bridgehead atoms. The van der Waals surface area contributed by atoms with Crippen molar-refractivity contribution < 1.29 is 14.3 Å². The van der Waals surface area contributed by atoms with Gasteiger partial charge in [0.2, 0.25) is 5.91 Å². The van der Waals surface area contributed by atoms with Crippen molar-refractivity contribution in [1.29, 1.82) is 0 Å². The zero-order valence-electron chi connectivity index (χ0n) is 15.8. The number of anilines is 1. The average Bonchev–Trinajstić information content (AvgIpc) is 3.12. The summed E-state index contributed by atoms with van der Waals surface area (Å²) in [6.07, 6.45) is 2.22. The van der Waals surface area contributed by atoms with Crippen LogP contribution in [0.1, 0.15) is 5.56 Å². The molecule has 1 amide bonds. The van der Waals surface area contributed by atoms with Crippen molar-refractivity contribution in [3.63, 3.8) is 0 Å². The number of hydrogen-bond acceptors (Lipinski definition) is 4. The van der Waals surface area contributed by atoms with Gasteiger partial charge in [-0.2, -0.15) is 0 Å². The van der Waals surface area contributed by atoms with Gasteiger partial charge in [0.1, 0.15) is 12.4 Å². The molecule has 0 atom stereocenters. The third-order valence-corrected chi connectivity index (χ3v) is 4.92. The summed E-state index contributed by atoms with van der Waals surface area (Å²) in [6.45, 7) is 4.98. The number of carbonyl (C=O) groups is 1. The van der Waals surface area contributed by atoms with Crippen LogP contribution < -0.4 is 10.1 Å². The second-order valence-electron chi connectivity index (χ2n) is 6.91.